The fourth-order valence-corrected chi connectivity index (χ4v) is 1.81. The molecule has 0 radical (unpaired) electrons. The number of imidazole rings is 1. The summed E-state index contributed by atoms with van der Waals surface area (Å²) in [6.07, 6.45) is 0. The minimum atomic E-state index is 0.472. The molecule has 0 aliphatic rings. The van der Waals surface area contributed by atoms with Crippen LogP contribution in [0, 0.1) is 0 Å². The molecule has 0 saturated carbocycles. The number of fused-ring (bicyclic) bond motifs is 1. The normalized spacial score (nSPS) is 10.6. The van der Waals surface area contributed by atoms with Crippen LogP contribution in [0.15, 0.2) is 5.38 Å². The van der Waals surface area contributed by atoms with Gasteiger partial charge in [0.15, 0.2) is 5.95 Å². The number of anilines is 2. The molecular formula is C6H8N4S. The van der Waals surface area contributed by atoms with Crippen molar-refractivity contribution in [2.75, 3.05) is 18.1 Å². The van der Waals surface area contributed by atoms with Gasteiger partial charge < -0.3 is 16.0 Å². The maximum atomic E-state index is 5.47. The van der Waals surface area contributed by atoms with Crippen LogP contribution >= 0.6 is 11.3 Å². The largest absolute Gasteiger partial charge is 0.378 e. The number of hydrogen-bond donors (Lipinski definition) is 3. The van der Waals surface area contributed by atoms with Crippen molar-refractivity contribution < 1.29 is 0 Å². The van der Waals surface area contributed by atoms with E-state index in [1.54, 1.807) is 11.3 Å². The topological polar surface area (TPSA) is 66.7 Å². The summed E-state index contributed by atoms with van der Waals surface area (Å²) < 4.78 is 0. The van der Waals surface area contributed by atoms with Crippen LogP contribution in [-0.4, -0.2) is 17.0 Å². The lowest BCUT2D eigenvalue weighted by molar-refractivity contribution is 1.35. The van der Waals surface area contributed by atoms with Gasteiger partial charge in [-0.25, -0.2) is 4.98 Å². The second-order valence-corrected chi connectivity index (χ2v) is 3.08. The Morgan fingerprint density at radius 1 is 1.73 bits per heavy atom. The van der Waals surface area contributed by atoms with E-state index in [9.17, 15) is 0 Å². The van der Waals surface area contributed by atoms with Crippen LogP contribution < -0.4 is 11.1 Å². The monoisotopic (exact) mass is 168 g/mol. The first-order valence-corrected chi connectivity index (χ1v) is 4.09. The summed E-state index contributed by atoms with van der Waals surface area (Å²) in [5.74, 6) is 0.472. The number of nitrogens with one attached hydrogen (secondary N) is 2. The van der Waals surface area contributed by atoms with E-state index < -0.39 is 0 Å². The Morgan fingerprint density at radius 3 is 3.27 bits per heavy atom. The van der Waals surface area contributed by atoms with Gasteiger partial charge in [-0.1, -0.05) is 0 Å². The van der Waals surface area contributed by atoms with Gasteiger partial charge in [0.2, 0.25) is 0 Å². The maximum absolute atomic E-state index is 5.47. The van der Waals surface area contributed by atoms with Gasteiger partial charge in [-0.15, -0.1) is 11.3 Å². The van der Waals surface area contributed by atoms with E-state index in [1.807, 2.05) is 12.4 Å². The molecule has 4 N–H and O–H groups in total. The van der Waals surface area contributed by atoms with Gasteiger partial charge in [0.05, 0.1) is 5.52 Å². The fraction of sp³-hybridized carbons (Fsp3) is 0.167. The average Bonchev–Trinajstić information content (AvgIpc) is 2.45. The van der Waals surface area contributed by atoms with Crippen LogP contribution in [-0.2, 0) is 0 Å². The molecule has 4 nitrogen and oxygen atoms in total. The molecule has 0 amide bonds. The molecule has 58 valence electrons. The zero-order valence-corrected chi connectivity index (χ0v) is 6.83. The van der Waals surface area contributed by atoms with Crippen molar-refractivity contribution in [3.8, 4) is 0 Å². The minimum absolute atomic E-state index is 0.472. The summed E-state index contributed by atoms with van der Waals surface area (Å²) in [6.45, 7) is 0. The van der Waals surface area contributed by atoms with Crippen molar-refractivity contribution in [1.82, 2.24) is 9.97 Å². The average molecular weight is 168 g/mol. The number of nitrogen functional groups attached to an aromatic ring is 1. The minimum Gasteiger partial charge on any atom is -0.378 e. The fourth-order valence-electron chi connectivity index (χ4n) is 1.02. The number of aromatic amines is 1. The number of hydrogen-bond acceptors (Lipinski definition) is 4. The number of nitrogens with two attached hydrogens (primary N) is 1. The van der Waals surface area contributed by atoms with Crippen molar-refractivity contribution >= 4 is 33.3 Å². The van der Waals surface area contributed by atoms with Crippen LogP contribution in [0.25, 0.3) is 11.0 Å². The highest BCUT2D eigenvalue weighted by atomic mass is 32.1. The zero-order chi connectivity index (χ0) is 7.84. The second kappa shape index (κ2) is 2.13. The van der Waals surface area contributed by atoms with E-state index in [4.69, 9.17) is 5.73 Å². The SMILES string of the molecule is CNc1scc2[nH]c(N)nc12. The lowest BCUT2D eigenvalue weighted by atomic mass is 10.5. The predicted octanol–water partition coefficient (Wildman–Crippen LogP) is 1.25. The number of aromatic nitrogens is 2. The number of thiophene rings is 1. The molecule has 2 aromatic rings. The Bertz CT molecular complexity index is 375. The van der Waals surface area contributed by atoms with E-state index in [-0.39, 0.29) is 0 Å². The standard InChI is InChI=1S/C6H8N4S/c1-8-5-4-3(2-11-5)9-6(7)10-4/h2,8H,1H3,(H3,7,9,10). The Hall–Kier alpha value is -1.23. The van der Waals surface area contributed by atoms with Gasteiger partial charge in [-0.2, -0.15) is 0 Å². The highest BCUT2D eigenvalue weighted by molar-refractivity contribution is 7.15. The summed E-state index contributed by atoms with van der Waals surface area (Å²) in [5, 5.41) is 6.08. The maximum Gasteiger partial charge on any atom is 0.198 e. The third kappa shape index (κ3) is 0.848. The first kappa shape index (κ1) is 6.48. The molecule has 0 saturated heterocycles. The predicted molar refractivity (Wildman–Crippen MR) is 47.9 cm³/mol. The first-order chi connectivity index (χ1) is 5.31. The van der Waals surface area contributed by atoms with Gasteiger partial charge in [0.1, 0.15) is 10.5 Å². The Balaban J connectivity index is 2.73. The molecule has 0 atom stereocenters. The van der Waals surface area contributed by atoms with Crippen LogP contribution in [0.1, 0.15) is 0 Å². The summed E-state index contributed by atoms with van der Waals surface area (Å²) in [6, 6.07) is 0. The van der Waals surface area contributed by atoms with Gasteiger partial charge in [-0.05, 0) is 0 Å². The molecule has 2 rings (SSSR count). The highest BCUT2D eigenvalue weighted by Gasteiger charge is 2.05. The molecule has 0 spiro atoms. The Labute approximate surface area is 67.4 Å². The van der Waals surface area contributed by atoms with Crippen LogP contribution in [0.3, 0.4) is 0 Å². The first-order valence-electron chi connectivity index (χ1n) is 3.21. The van der Waals surface area contributed by atoms with Gasteiger partial charge >= 0.3 is 0 Å². The molecule has 0 bridgehead atoms. The van der Waals surface area contributed by atoms with Crippen molar-refractivity contribution in [3.63, 3.8) is 0 Å². The van der Waals surface area contributed by atoms with Crippen molar-refractivity contribution in [1.29, 1.82) is 0 Å². The Morgan fingerprint density at radius 2 is 2.55 bits per heavy atom. The third-order valence-corrected chi connectivity index (χ3v) is 2.47. The molecule has 0 aliphatic heterocycles. The van der Waals surface area contributed by atoms with Crippen molar-refractivity contribution in [3.05, 3.63) is 5.38 Å². The number of nitrogens with zero attached hydrogens (tertiary/aromatic N) is 1. The molecular weight excluding hydrogens is 160 g/mol. The summed E-state index contributed by atoms with van der Waals surface area (Å²) in [4.78, 5) is 7.06. The molecule has 2 heterocycles. The van der Waals surface area contributed by atoms with E-state index >= 15 is 0 Å². The van der Waals surface area contributed by atoms with Gasteiger partial charge in [-0.3, -0.25) is 0 Å². The summed E-state index contributed by atoms with van der Waals surface area (Å²) in [5.41, 5.74) is 7.39. The van der Waals surface area contributed by atoms with Crippen molar-refractivity contribution in [2.45, 2.75) is 0 Å². The van der Waals surface area contributed by atoms with Crippen LogP contribution in [0.2, 0.25) is 0 Å². The Kier molecular flexibility index (Phi) is 1.25. The molecule has 0 unspecified atom stereocenters. The molecule has 0 aliphatic carbocycles. The van der Waals surface area contributed by atoms with Crippen molar-refractivity contribution in [2.24, 2.45) is 0 Å². The lowest BCUT2D eigenvalue weighted by Crippen LogP contribution is -1.86. The van der Waals surface area contributed by atoms with E-state index in [1.165, 1.54) is 0 Å². The molecule has 11 heavy (non-hydrogen) atoms. The van der Waals surface area contributed by atoms with Crippen LogP contribution in [0.4, 0.5) is 10.9 Å². The second-order valence-electron chi connectivity index (χ2n) is 2.20. The van der Waals surface area contributed by atoms with E-state index in [0.29, 0.717) is 5.95 Å². The smallest absolute Gasteiger partial charge is 0.198 e. The molecule has 5 heteroatoms. The zero-order valence-electron chi connectivity index (χ0n) is 6.01. The third-order valence-electron chi connectivity index (χ3n) is 1.49. The molecule has 0 fully saturated rings. The highest BCUT2D eigenvalue weighted by Crippen LogP contribution is 2.28. The molecule has 0 aromatic carbocycles. The van der Waals surface area contributed by atoms with Crippen LogP contribution in [0.5, 0.6) is 0 Å². The lowest BCUT2D eigenvalue weighted by Gasteiger charge is -1.89. The van der Waals surface area contributed by atoms with Gasteiger partial charge in [0, 0.05) is 12.4 Å². The number of rotatable bonds is 1. The summed E-state index contributed by atoms with van der Waals surface area (Å²) >= 11 is 1.62. The quantitative estimate of drug-likeness (QED) is 0.600. The number of H-pyrrole nitrogens is 1. The molecule has 2 aromatic heterocycles. The van der Waals surface area contributed by atoms with Gasteiger partial charge in [0.25, 0.3) is 0 Å². The van der Waals surface area contributed by atoms with E-state index in [0.717, 1.165) is 16.0 Å². The van der Waals surface area contributed by atoms with E-state index in [2.05, 4.69) is 15.3 Å². The summed E-state index contributed by atoms with van der Waals surface area (Å²) in [7, 11) is 1.87.